The molecule has 5 heteroatoms. The Morgan fingerprint density at radius 3 is 2.54 bits per heavy atom. The van der Waals surface area contributed by atoms with Gasteiger partial charge in [-0.1, -0.05) is 19.8 Å². The van der Waals surface area contributed by atoms with Gasteiger partial charge in [-0.2, -0.15) is 0 Å². The van der Waals surface area contributed by atoms with Gasteiger partial charge in [-0.05, 0) is 6.42 Å². The quantitative estimate of drug-likeness (QED) is 0.503. The Morgan fingerprint density at radius 1 is 1.46 bits per heavy atom. The van der Waals surface area contributed by atoms with E-state index in [1.54, 1.807) is 0 Å². The minimum Gasteiger partial charge on any atom is -0.368 e. The Bertz CT molecular complexity index is 182. The summed E-state index contributed by atoms with van der Waals surface area (Å²) in [5, 5.41) is 2.35. The van der Waals surface area contributed by atoms with E-state index in [4.69, 9.17) is 11.5 Å². The number of nitrogens with two attached hydrogens (primary N) is 2. The van der Waals surface area contributed by atoms with Crippen molar-refractivity contribution in [2.75, 3.05) is 6.54 Å². The number of hydrogen-bond acceptors (Lipinski definition) is 3. The monoisotopic (exact) mass is 187 g/mol. The Labute approximate surface area is 77.8 Å². The summed E-state index contributed by atoms with van der Waals surface area (Å²) in [4.78, 5) is 21.4. The van der Waals surface area contributed by atoms with Gasteiger partial charge in [0.1, 0.15) is 0 Å². The Kier molecular flexibility index (Phi) is 5.88. The molecular weight excluding hydrogens is 170 g/mol. The zero-order valence-corrected chi connectivity index (χ0v) is 7.88. The SMILES string of the molecule is CCCC[C@H](N)C(=O)NCC(N)=O. The van der Waals surface area contributed by atoms with Crippen molar-refractivity contribution in [2.45, 2.75) is 32.2 Å². The van der Waals surface area contributed by atoms with Crippen LogP contribution in [-0.4, -0.2) is 24.4 Å². The van der Waals surface area contributed by atoms with E-state index < -0.39 is 11.9 Å². The van der Waals surface area contributed by atoms with E-state index in [1.165, 1.54) is 0 Å². The predicted octanol–water partition coefficient (Wildman–Crippen LogP) is -0.895. The lowest BCUT2D eigenvalue weighted by Gasteiger charge is -2.09. The first-order valence-electron chi connectivity index (χ1n) is 4.39. The van der Waals surface area contributed by atoms with Crippen LogP contribution >= 0.6 is 0 Å². The lowest BCUT2D eigenvalue weighted by Crippen LogP contribution is -2.43. The molecule has 76 valence electrons. The average Bonchev–Trinajstić information content (AvgIpc) is 2.10. The maximum atomic E-state index is 11.1. The molecule has 0 fully saturated rings. The zero-order valence-electron chi connectivity index (χ0n) is 7.88. The van der Waals surface area contributed by atoms with Gasteiger partial charge in [0.25, 0.3) is 0 Å². The van der Waals surface area contributed by atoms with Crippen molar-refractivity contribution in [1.29, 1.82) is 0 Å². The van der Waals surface area contributed by atoms with Crippen molar-refractivity contribution in [3.05, 3.63) is 0 Å². The highest BCUT2D eigenvalue weighted by atomic mass is 16.2. The second kappa shape index (κ2) is 6.42. The minimum atomic E-state index is -0.559. The van der Waals surface area contributed by atoms with Crippen molar-refractivity contribution in [3.63, 3.8) is 0 Å². The summed E-state index contributed by atoms with van der Waals surface area (Å²) in [7, 11) is 0. The third-order valence-electron chi connectivity index (χ3n) is 1.64. The summed E-state index contributed by atoms with van der Waals surface area (Å²) in [5.74, 6) is -0.872. The first kappa shape index (κ1) is 11.9. The third kappa shape index (κ3) is 6.10. The molecule has 5 nitrogen and oxygen atoms in total. The number of hydrogen-bond donors (Lipinski definition) is 3. The molecule has 0 aromatic carbocycles. The first-order valence-corrected chi connectivity index (χ1v) is 4.39. The van der Waals surface area contributed by atoms with Gasteiger partial charge in [0.15, 0.2) is 0 Å². The van der Waals surface area contributed by atoms with Crippen LogP contribution in [0.25, 0.3) is 0 Å². The molecule has 0 aromatic heterocycles. The number of amides is 2. The molecule has 0 heterocycles. The standard InChI is InChI=1S/C8H17N3O2/c1-2-3-4-6(9)8(13)11-5-7(10)12/h6H,2-5,9H2,1H3,(H2,10,12)(H,11,13)/t6-/m0/s1. The van der Waals surface area contributed by atoms with E-state index in [1.807, 2.05) is 6.92 Å². The first-order chi connectivity index (χ1) is 6.07. The van der Waals surface area contributed by atoms with Crippen LogP contribution in [0.4, 0.5) is 0 Å². The number of carbonyl (C=O) groups excluding carboxylic acids is 2. The number of nitrogens with one attached hydrogen (secondary N) is 1. The molecule has 0 aliphatic rings. The maximum absolute atomic E-state index is 11.1. The van der Waals surface area contributed by atoms with Gasteiger partial charge < -0.3 is 16.8 Å². The van der Waals surface area contributed by atoms with Gasteiger partial charge in [-0.25, -0.2) is 0 Å². The molecule has 0 rings (SSSR count). The second-order valence-corrected chi connectivity index (χ2v) is 2.93. The lowest BCUT2D eigenvalue weighted by atomic mass is 10.1. The number of primary amides is 1. The molecule has 0 saturated carbocycles. The summed E-state index contributed by atoms with van der Waals surface area (Å²) in [6, 6.07) is -0.528. The summed E-state index contributed by atoms with van der Waals surface area (Å²) in [6.45, 7) is 1.88. The van der Waals surface area contributed by atoms with E-state index in [0.717, 1.165) is 12.8 Å². The van der Waals surface area contributed by atoms with E-state index in [0.29, 0.717) is 6.42 Å². The van der Waals surface area contributed by atoms with E-state index in [9.17, 15) is 9.59 Å². The number of rotatable bonds is 6. The molecular formula is C8H17N3O2. The van der Waals surface area contributed by atoms with Crippen LogP contribution in [0.3, 0.4) is 0 Å². The molecule has 0 aliphatic heterocycles. The Balaban J connectivity index is 3.63. The fraction of sp³-hybridized carbons (Fsp3) is 0.750. The normalized spacial score (nSPS) is 12.2. The molecule has 13 heavy (non-hydrogen) atoms. The molecule has 1 atom stereocenters. The number of unbranched alkanes of at least 4 members (excludes halogenated alkanes) is 1. The fourth-order valence-electron chi connectivity index (χ4n) is 0.860. The van der Waals surface area contributed by atoms with Crippen LogP contribution in [-0.2, 0) is 9.59 Å². The lowest BCUT2D eigenvalue weighted by molar-refractivity contribution is -0.125. The van der Waals surface area contributed by atoms with E-state index in [-0.39, 0.29) is 12.5 Å². The van der Waals surface area contributed by atoms with Crippen molar-refractivity contribution in [2.24, 2.45) is 11.5 Å². The molecule has 0 unspecified atom stereocenters. The van der Waals surface area contributed by atoms with Gasteiger partial charge in [0.2, 0.25) is 11.8 Å². The highest BCUT2D eigenvalue weighted by molar-refractivity contribution is 5.86. The summed E-state index contributed by atoms with van der Waals surface area (Å²) < 4.78 is 0. The van der Waals surface area contributed by atoms with Crippen LogP contribution in [0, 0.1) is 0 Å². The fourth-order valence-corrected chi connectivity index (χ4v) is 0.860. The third-order valence-corrected chi connectivity index (χ3v) is 1.64. The molecule has 0 radical (unpaired) electrons. The predicted molar refractivity (Wildman–Crippen MR) is 49.7 cm³/mol. The maximum Gasteiger partial charge on any atom is 0.237 e. The van der Waals surface area contributed by atoms with Crippen molar-refractivity contribution in [3.8, 4) is 0 Å². The Hall–Kier alpha value is -1.10. The van der Waals surface area contributed by atoms with E-state index >= 15 is 0 Å². The molecule has 0 aliphatic carbocycles. The van der Waals surface area contributed by atoms with Crippen molar-refractivity contribution in [1.82, 2.24) is 5.32 Å². The average molecular weight is 187 g/mol. The summed E-state index contributed by atoms with van der Waals surface area (Å²) >= 11 is 0. The van der Waals surface area contributed by atoms with Crippen LogP contribution < -0.4 is 16.8 Å². The van der Waals surface area contributed by atoms with Gasteiger partial charge in [-0.15, -0.1) is 0 Å². The zero-order chi connectivity index (χ0) is 10.3. The van der Waals surface area contributed by atoms with Gasteiger partial charge in [-0.3, -0.25) is 9.59 Å². The minimum absolute atomic E-state index is 0.140. The van der Waals surface area contributed by atoms with Gasteiger partial charge >= 0.3 is 0 Å². The molecule has 0 bridgehead atoms. The van der Waals surface area contributed by atoms with Crippen molar-refractivity contribution >= 4 is 11.8 Å². The van der Waals surface area contributed by atoms with E-state index in [2.05, 4.69) is 5.32 Å². The van der Waals surface area contributed by atoms with Gasteiger partial charge in [0, 0.05) is 0 Å². The van der Waals surface area contributed by atoms with Crippen LogP contribution in [0.1, 0.15) is 26.2 Å². The molecule has 0 saturated heterocycles. The summed E-state index contributed by atoms with van der Waals surface area (Å²) in [6.07, 6.45) is 2.54. The molecule has 0 aromatic rings. The van der Waals surface area contributed by atoms with Crippen LogP contribution in [0.15, 0.2) is 0 Å². The van der Waals surface area contributed by atoms with Crippen LogP contribution in [0.5, 0.6) is 0 Å². The molecule has 5 N–H and O–H groups in total. The topological polar surface area (TPSA) is 98.2 Å². The number of carbonyl (C=O) groups is 2. The molecule has 0 spiro atoms. The van der Waals surface area contributed by atoms with Crippen LogP contribution in [0.2, 0.25) is 0 Å². The summed E-state index contributed by atoms with van der Waals surface area (Å²) in [5.41, 5.74) is 10.4. The molecule has 2 amide bonds. The Morgan fingerprint density at radius 2 is 2.08 bits per heavy atom. The smallest absolute Gasteiger partial charge is 0.237 e. The highest BCUT2D eigenvalue weighted by Crippen LogP contribution is 1.97. The van der Waals surface area contributed by atoms with Crippen molar-refractivity contribution < 1.29 is 9.59 Å². The highest BCUT2D eigenvalue weighted by Gasteiger charge is 2.12. The second-order valence-electron chi connectivity index (χ2n) is 2.93. The van der Waals surface area contributed by atoms with Gasteiger partial charge in [0.05, 0.1) is 12.6 Å². The largest absolute Gasteiger partial charge is 0.368 e.